The molecule has 2 heteroatoms. The number of hydrogen-bond acceptors (Lipinski definition) is 2. The maximum atomic E-state index is 3.94. The zero-order valence-electron chi connectivity index (χ0n) is 10.3. The molecule has 1 saturated carbocycles. The molecule has 0 amide bonds. The van der Waals surface area contributed by atoms with Crippen molar-refractivity contribution in [3.8, 4) is 0 Å². The molecule has 1 saturated heterocycles. The van der Waals surface area contributed by atoms with Crippen molar-refractivity contribution >= 4 is 0 Å². The normalized spacial score (nSPS) is 31.0. The smallest absolute Gasteiger partial charge is 0.0309 e. The molecule has 0 radical (unpaired) electrons. The highest BCUT2D eigenvalue weighted by Crippen LogP contribution is 2.30. The molecule has 15 heavy (non-hydrogen) atoms. The van der Waals surface area contributed by atoms with Crippen LogP contribution in [0.1, 0.15) is 52.4 Å². The Morgan fingerprint density at radius 2 is 1.93 bits per heavy atom. The molecular weight excluding hydrogens is 184 g/mol. The van der Waals surface area contributed by atoms with Crippen molar-refractivity contribution in [1.82, 2.24) is 10.6 Å². The summed E-state index contributed by atoms with van der Waals surface area (Å²) in [5.41, 5.74) is 0.454. The summed E-state index contributed by atoms with van der Waals surface area (Å²) in [4.78, 5) is 0. The standard InChI is InChI=1S/C13H26N2/c1-11(2)8-12-9-14-10-13(15-12)6-4-3-5-7-13/h11-12,14-15H,3-10H2,1-2H3/t12-/m1/s1. The minimum absolute atomic E-state index is 0.454. The van der Waals surface area contributed by atoms with Gasteiger partial charge in [0.1, 0.15) is 0 Å². The van der Waals surface area contributed by atoms with Crippen molar-refractivity contribution in [1.29, 1.82) is 0 Å². The first kappa shape index (κ1) is 11.4. The van der Waals surface area contributed by atoms with E-state index in [9.17, 15) is 0 Å². The van der Waals surface area contributed by atoms with Gasteiger partial charge in [-0.3, -0.25) is 0 Å². The van der Waals surface area contributed by atoms with Crippen LogP contribution in [0.4, 0.5) is 0 Å². The maximum absolute atomic E-state index is 3.94. The number of rotatable bonds is 2. The fourth-order valence-electron chi connectivity index (χ4n) is 3.28. The van der Waals surface area contributed by atoms with E-state index in [0.29, 0.717) is 11.6 Å². The summed E-state index contributed by atoms with van der Waals surface area (Å²) in [6.07, 6.45) is 8.36. The molecule has 1 aliphatic heterocycles. The van der Waals surface area contributed by atoms with Crippen LogP contribution in [0, 0.1) is 5.92 Å². The molecule has 0 unspecified atom stereocenters. The topological polar surface area (TPSA) is 24.1 Å². The summed E-state index contributed by atoms with van der Waals surface area (Å²) in [6.45, 7) is 7.01. The Hall–Kier alpha value is -0.0800. The Kier molecular flexibility index (Phi) is 3.68. The Bertz CT molecular complexity index is 189. The highest BCUT2D eigenvalue weighted by atomic mass is 15.1. The minimum Gasteiger partial charge on any atom is -0.313 e. The summed E-state index contributed by atoms with van der Waals surface area (Å²) in [6, 6.07) is 0.705. The van der Waals surface area contributed by atoms with Gasteiger partial charge < -0.3 is 10.6 Å². The largest absolute Gasteiger partial charge is 0.313 e. The van der Waals surface area contributed by atoms with Crippen LogP contribution in [-0.4, -0.2) is 24.7 Å². The molecule has 0 aromatic carbocycles. The predicted molar refractivity (Wildman–Crippen MR) is 65.1 cm³/mol. The predicted octanol–water partition coefficient (Wildman–Crippen LogP) is 2.30. The first-order valence-electron chi connectivity index (χ1n) is 6.69. The second-order valence-electron chi connectivity index (χ2n) is 5.94. The van der Waals surface area contributed by atoms with Gasteiger partial charge in [0.05, 0.1) is 0 Å². The van der Waals surface area contributed by atoms with E-state index in [0.717, 1.165) is 5.92 Å². The Labute approximate surface area is 94.2 Å². The van der Waals surface area contributed by atoms with E-state index in [2.05, 4.69) is 24.5 Å². The van der Waals surface area contributed by atoms with Crippen molar-refractivity contribution in [2.24, 2.45) is 5.92 Å². The van der Waals surface area contributed by atoms with Crippen molar-refractivity contribution in [2.45, 2.75) is 64.0 Å². The maximum Gasteiger partial charge on any atom is 0.0309 e. The first-order valence-corrected chi connectivity index (χ1v) is 6.69. The van der Waals surface area contributed by atoms with Gasteiger partial charge in [0.2, 0.25) is 0 Å². The lowest BCUT2D eigenvalue weighted by Crippen LogP contribution is -2.64. The first-order chi connectivity index (χ1) is 7.20. The van der Waals surface area contributed by atoms with Crippen LogP contribution >= 0.6 is 0 Å². The number of nitrogens with one attached hydrogen (secondary N) is 2. The molecule has 1 aliphatic carbocycles. The van der Waals surface area contributed by atoms with Crippen molar-refractivity contribution in [3.63, 3.8) is 0 Å². The molecule has 1 heterocycles. The van der Waals surface area contributed by atoms with Crippen molar-refractivity contribution in [3.05, 3.63) is 0 Å². The van der Waals surface area contributed by atoms with Gasteiger partial charge in [-0.25, -0.2) is 0 Å². The Morgan fingerprint density at radius 1 is 1.20 bits per heavy atom. The monoisotopic (exact) mass is 210 g/mol. The van der Waals surface area contributed by atoms with Crippen molar-refractivity contribution in [2.75, 3.05) is 13.1 Å². The molecule has 2 fully saturated rings. The van der Waals surface area contributed by atoms with Crippen LogP contribution < -0.4 is 10.6 Å². The number of hydrogen-bond donors (Lipinski definition) is 2. The molecule has 2 N–H and O–H groups in total. The Balaban J connectivity index is 1.90. The summed E-state index contributed by atoms with van der Waals surface area (Å²) in [7, 11) is 0. The average Bonchev–Trinajstić information content (AvgIpc) is 2.17. The molecule has 2 nitrogen and oxygen atoms in total. The summed E-state index contributed by atoms with van der Waals surface area (Å²) < 4.78 is 0. The fraction of sp³-hybridized carbons (Fsp3) is 1.00. The van der Waals surface area contributed by atoms with Crippen LogP contribution in [0.2, 0.25) is 0 Å². The summed E-state index contributed by atoms with van der Waals surface area (Å²) >= 11 is 0. The minimum atomic E-state index is 0.454. The molecule has 2 rings (SSSR count). The van der Waals surface area contributed by atoms with E-state index >= 15 is 0 Å². The molecule has 1 atom stereocenters. The third kappa shape index (κ3) is 2.94. The van der Waals surface area contributed by atoms with Crippen LogP contribution in [-0.2, 0) is 0 Å². The summed E-state index contributed by atoms with van der Waals surface area (Å²) in [5, 5.41) is 7.58. The molecule has 0 aromatic heterocycles. The van der Waals surface area contributed by atoms with E-state index in [1.54, 1.807) is 0 Å². The molecule has 0 aromatic rings. The lowest BCUT2D eigenvalue weighted by atomic mass is 9.79. The van der Waals surface area contributed by atoms with Gasteiger partial charge >= 0.3 is 0 Å². The van der Waals surface area contributed by atoms with E-state index in [1.165, 1.54) is 51.6 Å². The molecular formula is C13H26N2. The van der Waals surface area contributed by atoms with Crippen LogP contribution in [0.25, 0.3) is 0 Å². The van der Waals surface area contributed by atoms with Crippen LogP contribution in [0.3, 0.4) is 0 Å². The average molecular weight is 210 g/mol. The van der Waals surface area contributed by atoms with Gasteiger partial charge in [-0.1, -0.05) is 33.1 Å². The van der Waals surface area contributed by atoms with Crippen molar-refractivity contribution < 1.29 is 0 Å². The highest BCUT2D eigenvalue weighted by Gasteiger charge is 2.36. The van der Waals surface area contributed by atoms with E-state index in [-0.39, 0.29) is 0 Å². The Morgan fingerprint density at radius 3 is 2.60 bits per heavy atom. The molecule has 1 spiro atoms. The third-order valence-electron chi connectivity index (χ3n) is 3.93. The van der Waals surface area contributed by atoms with Gasteiger partial charge in [0, 0.05) is 24.7 Å². The van der Waals surface area contributed by atoms with Gasteiger partial charge in [-0.05, 0) is 25.2 Å². The van der Waals surface area contributed by atoms with Gasteiger partial charge in [0.25, 0.3) is 0 Å². The quantitative estimate of drug-likeness (QED) is 0.731. The van der Waals surface area contributed by atoms with E-state index < -0.39 is 0 Å². The lowest BCUT2D eigenvalue weighted by Gasteiger charge is -2.45. The second-order valence-corrected chi connectivity index (χ2v) is 5.94. The van der Waals surface area contributed by atoms with Gasteiger partial charge in [-0.2, -0.15) is 0 Å². The zero-order chi connectivity index (χ0) is 10.7. The molecule has 0 bridgehead atoms. The summed E-state index contributed by atoms with van der Waals surface area (Å²) in [5.74, 6) is 0.808. The fourth-order valence-corrected chi connectivity index (χ4v) is 3.28. The number of piperazine rings is 1. The van der Waals surface area contributed by atoms with Crippen LogP contribution in [0.15, 0.2) is 0 Å². The lowest BCUT2D eigenvalue weighted by molar-refractivity contribution is 0.156. The highest BCUT2D eigenvalue weighted by molar-refractivity contribution is 4.98. The SMILES string of the molecule is CC(C)C[C@@H]1CNCC2(CCCCC2)N1. The molecule has 2 aliphatic rings. The van der Waals surface area contributed by atoms with Gasteiger partial charge in [-0.15, -0.1) is 0 Å². The third-order valence-corrected chi connectivity index (χ3v) is 3.93. The van der Waals surface area contributed by atoms with Gasteiger partial charge in [0.15, 0.2) is 0 Å². The van der Waals surface area contributed by atoms with E-state index in [1.807, 2.05) is 0 Å². The van der Waals surface area contributed by atoms with E-state index in [4.69, 9.17) is 0 Å². The molecule has 88 valence electrons. The second kappa shape index (κ2) is 4.84. The van der Waals surface area contributed by atoms with Crippen LogP contribution in [0.5, 0.6) is 0 Å². The zero-order valence-corrected chi connectivity index (χ0v) is 10.3.